The summed E-state index contributed by atoms with van der Waals surface area (Å²) in [5.74, 6) is 0.0796. The number of carbonyl (C=O) groups is 1. The molecule has 3 nitrogen and oxygen atoms in total. The Morgan fingerprint density at radius 3 is 1.50 bits per heavy atom. The van der Waals surface area contributed by atoms with Crippen LogP contribution >= 0.6 is 0 Å². The summed E-state index contributed by atoms with van der Waals surface area (Å²) in [6, 6.07) is 0. The highest BCUT2D eigenvalue weighted by molar-refractivity contribution is 5.82. The van der Waals surface area contributed by atoms with E-state index in [1.807, 2.05) is 0 Å². The van der Waals surface area contributed by atoms with Crippen molar-refractivity contribution in [3.05, 3.63) is 0 Å². The van der Waals surface area contributed by atoms with Gasteiger partial charge in [-0.05, 0) is 6.42 Å². The number of ether oxygens (including phenoxy) is 1. The molecule has 0 aromatic heterocycles. The molecule has 0 aromatic rings. The fourth-order valence-corrected chi connectivity index (χ4v) is 3.20. The molecule has 1 aliphatic rings. The first-order valence-electron chi connectivity index (χ1n) is 10.7. The summed E-state index contributed by atoms with van der Waals surface area (Å²) in [5, 5.41) is 2.93. The van der Waals surface area contributed by atoms with Gasteiger partial charge in [-0.25, -0.2) is 0 Å². The van der Waals surface area contributed by atoms with E-state index in [4.69, 9.17) is 4.74 Å². The Kier molecular flexibility index (Phi) is 14.3. The second-order valence-electron chi connectivity index (χ2n) is 7.42. The van der Waals surface area contributed by atoms with E-state index in [0.717, 1.165) is 13.0 Å². The summed E-state index contributed by atoms with van der Waals surface area (Å²) in [7, 11) is 0. The van der Waals surface area contributed by atoms with E-state index in [9.17, 15) is 4.79 Å². The number of nitrogens with one attached hydrogen (secondary N) is 1. The summed E-state index contributed by atoms with van der Waals surface area (Å²) >= 11 is 0. The largest absolute Gasteiger partial charge is 0.363 e. The average molecular weight is 340 g/mol. The molecular weight excluding hydrogens is 298 g/mol. The molecule has 142 valence electrons. The van der Waals surface area contributed by atoms with Gasteiger partial charge in [0.25, 0.3) is 5.91 Å². The Hall–Kier alpha value is -0.570. The number of unbranched alkanes of at least 4 members (excludes halogenated alkanes) is 15. The van der Waals surface area contributed by atoms with Crippen LogP contribution in [0.2, 0.25) is 0 Å². The Balaban J connectivity index is 1.64. The molecule has 1 atom stereocenters. The third kappa shape index (κ3) is 13.8. The molecule has 0 spiro atoms. The number of epoxide rings is 1. The zero-order valence-corrected chi connectivity index (χ0v) is 16.1. The van der Waals surface area contributed by atoms with E-state index < -0.39 is 0 Å². The highest BCUT2D eigenvalue weighted by atomic mass is 16.6. The third-order valence-electron chi connectivity index (χ3n) is 4.96. The Morgan fingerprint density at radius 1 is 0.750 bits per heavy atom. The summed E-state index contributed by atoms with van der Waals surface area (Å²) in [6.45, 7) is 3.72. The quantitative estimate of drug-likeness (QED) is 0.255. The van der Waals surface area contributed by atoms with Crippen LogP contribution in [0.5, 0.6) is 0 Å². The summed E-state index contributed by atoms with van der Waals surface area (Å²) < 4.78 is 4.94. The van der Waals surface area contributed by atoms with E-state index in [1.54, 1.807) is 0 Å². The van der Waals surface area contributed by atoms with E-state index in [1.165, 1.54) is 96.3 Å². The molecule has 0 bridgehead atoms. The van der Waals surface area contributed by atoms with Gasteiger partial charge in [-0.2, -0.15) is 0 Å². The lowest BCUT2D eigenvalue weighted by Gasteiger charge is -2.04. The minimum atomic E-state index is -0.133. The van der Waals surface area contributed by atoms with Crippen molar-refractivity contribution >= 4 is 5.91 Å². The van der Waals surface area contributed by atoms with Crippen molar-refractivity contribution in [2.45, 2.75) is 116 Å². The van der Waals surface area contributed by atoms with Gasteiger partial charge in [0, 0.05) is 6.54 Å². The molecule has 1 saturated heterocycles. The van der Waals surface area contributed by atoms with Crippen LogP contribution in [-0.2, 0) is 9.53 Å². The SMILES string of the molecule is CCCCCCCCCCCCCCCCCCNC(=O)C1CO1. The smallest absolute Gasteiger partial charge is 0.251 e. The van der Waals surface area contributed by atoms with E-state index in [-0.39, 0.29) is 12.0 Å². The monoisotopic (exact) mass is 339 g/mol. The van der Waals surface area contributed by atoms with Crippen molar-refractivity contribution in [1.29, 1.82) is 0 Å². The molecule has 0 aromatic carbocycles. The fourth-order valence-electron chi connectivity index (χ4n) is 3.20. The Labute approximate surface area is 150 Å². The number of rotatable bonds is 18. The predicted octanol–water partition coefficient (Wildman–Crippen LogP) is 5.76. The molecule has 1 heterocycles. The maximum Gasteiger partial charge on any atom is 0.251 e. The minimum absolute atomic E-state index is 0.0796. The van der Waals surface area contributed by atoms with Crippen LogP contribution in [0.1, 0.15) is 110 Å². The van der Waals surface area contributed by atoms with Crippen molar-refractivity contribution in [2.75, 3.05) is 13.2 Å². The molecule has 1 rings (SSSR count). The molecular formula is C21H41NO2. The molecule has 1 amide bonds. The molecule has 0 aliphatic carbocycles. The molecule has 24 heavy (non-hydrogen) atoms. The van der Waals surface area contributed by atoms with Crippen LogP contribution in [0.25, 0.3) is 0 Å². The lowest BCUT2D eigenvalue weighted by molar-refractivity contribution is -0.122. The maximum absolute atomic E-state index is 11.3. The highest BCUT2D eigenvalue weighted by Gasteiger charge is 2.30. The van der Waals surface area contributed by atoms with Crippen molar-refractivity contribution in [1.82, 2.24) is 5.32 Å². The van der Waals surface area contributed by atoms with Gasteiger partial charge in [0.1, 0.15) is 0 Å². The number of hydrogen-bond acceptors (Lipinski definition) is 2. The Morgan fingerprint density at radius 2 is 1.12 bits per heavy atom. The van der Waals surface area contributed by atoms with Crippen molar-refractivity contribution in [3.63, 3.8) is 0 Å². The van der Waals surface area contributed by atoms with Gasteiger partial charge < -0.3 is 10.1 Å². The molecule has 1 aliphatic heterocycles. The first-order chi connectivity index (χ1) is 11.8. The second kappa shape index (κ2) is 15.9. The van der Waals surface area contributed by atoms with Gasteiger partial charge in [-0.15, -0.1) is 0 Å². The third-order valence-corrected chi connectivity index (χ3v) is 4.96. The van der Waals surface area contributed by atoms with Gasteiger partial charge in [-0.3, -0.25) is 4.79 Å². The minimum Gasteiger partial charge on any atom is -0.363 e. The van der Waals surface area contributed by atoms with Gasteiger partial charge in [0.15, 0.2) is 6.10 Å². The maximum atomic E-state index is 11.3. The topological polar surface area (TPSA) is 41.6 Å². The molecule has 3 heteroatoms. The molecule has 0 radical (unpaired) electrons. The van der Waals surface area contributed by atoms with E-state index >= 15 is 0 Å². The van der Waals surface area contributed by atoms with E-state index in [2.05, 4.69) is 12.2 Å². The fraction of sp³-hybridized carbons (Fsp3) is 0.952. The van der Waals surface area contributed by atoms with Crippen LogP contribution in [0.3, 0.4) is 0 Å². The molecule has 1 N–H and O–H groups in total. The second-order valence-corrected chi connectivity index (χ2v) is 7.42. The lowest BCUT2D eigenvalue weighted by atomic mass is 10.0. The van der Waals surface area contributed by atoms with Crippen LogP contribution < -0.4 is 5.32 Å². The van der Waals surface area contributed by atoms with Gasteiger partial charge >= 0.3 is 0 Å². The van der Waals surface area contributed by atoms with Crippen molar-refractivity contribution in [2.24, 2.45) is 0 Å². The normalized spacial score (nSPS) is 16.3. The zero-order chi connectivity index (χ0) is 17.3. The number of hydrogen-bond donors (Lipinski definition) is 1. The predicted molar refractivity (Wildman–Crippen MR) is 102 cm³/mol. The van der Waals surface area contributed by atoms with Crippen molar-refractivity contribution < 1.29 is 9.53 Å². The van der Waals surface area contributed by atoms with E-state index in [0.29, 0.717) is 6.61 Å². The first kappa shape index (κ1) is 21.5. The number of carbonyl (C=O) groups excluding carboxylic acids is 1. The Bertz CT molecular complexity index is 290. The summed E-state index contributed by atoms with van der Waals surface area (Å²) in [4.78, 5) is 11.3. The molecule has 1 unspecified atom stereocenters. The molecule has 1 fully saturated rings. The van der Waals surface area contributed by atoms with Gasteiger partial charge in [-0.1, -0.05) is 103 Å². The standard InChI is InChI=1S/C21H41NO2/c1-2-3-4-5-6-7-8-9-10-11-12-13-14-15-16-17-18-22-21(23)20-19-24-20/h20H,2-19H2,1H3,(H,22,23). The summed E-state index contributed by atoms with van der Waals surface area (Å²) in [5.41, 5.74) is 0. The molecule has 0 saturated carbocycles. The van der Waals surface area contributed by atoms with Gasteiger partial charge in [0.05, 0.1) is 6.61 Å². The zero-order valence-electron chi connectivity index (χ0n) is 16.1. The number of amides is 1. The van der Waals surface area contributed by atoms with Crippen LogP contribution in [0.15, 0.2) is 0 Å². The first-order valence-corrected chi connectivity index (χ1v) is 10.7. The van der Waals surface area contributed by atoms with Gasteiger partial charge in [0.2, 0.25) is 0 Å². The summed E-state index contributed by atoms with van der Waals surface area (Å²) in [6.07, 6.45) is 22.0. The van der Waals surface area contributed by atoms with Crippen molar-refractivity contribution in [3.8, 4) is 0 Å². The van der Waals surface area contributed by atoms with Crippen LogP contribution in [0, 0.1) is 0 Å². The average Bonchev–Trinajstić information content (AvgIpc) is 3.42. The lowest BCUT2D eigenvalue weighted by Crippen LogP contribution is -2.28. The highest BCUT2D eigenvalue weighted by Crippen LogP contribution is 2.13. The van der Waals surface area contributed by atoms with Crippen LogP contribution in [-0.4, -0.2) is 25.2 Å². The van der Waals surface area contributed by atoms with Crippen LogP contribution in [0.4, 0.5) is 0 Å².